The number of benzene rings is 2. The van der Waals surface area contributed by atoms with Crippen LogP contribution in [-0.2, 0) is 9.84 Å². The average Bonchev–Trinajstić information content (AvgIpc) is 2.79. The molecule has 0 fully saturated rings. The van der Waals surface area contributed by atoms with Gasteiger partial charge in [0.1, 0.15) is 5.75 Å². The van der Waals surface area contributed by atoms with Gasteiger partial charge in [0.05, 0.1) is 21.2 Å². The molecule has 158 valence electrons. The van der Waals surface area contributed by atoms with Crippen molar-refractivity contribution in [3.8, 4) is 5.75 Å². The van der Waals surface area contributed by atoms with E-state index in [2.05, 4.69) is 34.7 Å². The van der Waals surface area contributed by atoms with Crippen molar-refractivity contribution in [2.45, 2.75) is 49.3 Å². The standard InChI is InChI=1S/C22H28BrNO3S2/c1-4-6-11-22(5-2)14-24(17-9-7-16(23)8-10-17)18-12-20(28-3)19(25)13-21(18)29(26,27)15-22/h7-10,12-13,25H,4-6,11,14-15H2,1-3H3. The van der Waals surface area contributed by atoms with Gasteiger partial charge >= 0.3 is 0 Å². The van der Waals surface area contributed by atoms with Gasteiger partial charge in [0, 0.05) is 28.2 Å². The van der Waals surface area contributed by atoms with Crippen LogP contribution in [0, 0.1) is 5.41 Å². The summed E-state index contributed by atoms with van der Waals surface area (Å²) in [4.78, 5) is 3.03. The lowest BCUT2D eigenvalue weighted by atomic mass is 9.81. The summed E-state index contributed by atoms with van der Waals surface area (Å²) in [5.74, 6) is 0.127. The molecule has 1 unspecified atom stereocenters. The Kier molecular flexibility index (Phi) is 6.91. The number of unbranched alkanes of at least 4 members (excludes halogenated alkanes) is 1. The van der Waals surface area contributed by atoms with E-state index < -0.39 is 9.84 Å². The van der Waals surface area contributed by atoms with E-state index in [0.29, 0.717) is 17.1 Å². The molecular weight excluding hydrogens is 470 g/mol. The highest BCUT2D eigenvalue weighted by molar-refractivity contribution is 9.10. The zero-order valence-electron chi connectivity index (χ0n) is 17.1. The Morgan fingerprint density at radius 2 is 1.90 bits per heavy atom. The first-order valence-corrected chi connectivity index (χ1v) is 13.6. The van der Waals surface area contributed by atoms with Gasteiger partial charge in [0.15, 0.2) is 9.84 Å². The molecule has 2 aromatic rings. The molecule has 0 amide bonds. The Balaban J connectivity index is 2.26. The van der Waals surface area contributed by atoms with E-state index in [4.69, 9.17) is 0 Å². The highest BCUT2D eigenvalue weighted by atomic mass is 79.9. The van der Waals surface area contributed by atoms with E-state index in [1.807, 2.05) is 36.6 Å². The van der Waals surface area contributed by atoms with Crippen molar-refractivity contribution in [2.75, 3.05) is 23.5 Å². The van der Waals surface area contributed by atoms with Gasteiger partial charge in [0.2, 0.25) is 0 Å². The second-order valence-electron chi connectivity index (χ2n) is 7.77. The highest BCUT2D eigenvalue weighted by Gasteiger charge is 2.41. The first kappa shape index (κ1) is 22.5. The lowest BCUT2D eigenvalue weighted by Gasteiger charge is -2.36. The molecule has 0 spiro atoms. The fraction of sp³-hybridized carbons (Fsp3) is 0.455. The fourth-order valence-corrected chi connectivity index (χ4v) is 7.00. The number of phenols is 1. The number of halogens is 1. The second-order valence-corrected chi connectivity index (χ2v) is 11.5. The molecule has 4 nitrogen and oxygen atoms in total. The maximum atomic E-state index is 13.5. The van der Waals surface area contributed by atoms with Gasteiger partial charge in [-0.3, -0.25) is 0 Å². The molecule has 3 rings (SSSR count). The molecule has 0 saturated carbocycles. The van der Waals surface area contributed by atoms with Gasteiger partial charge < -0.3 is 10.0 Å². The van der Waals surface area contributed by atoms with E-state index in [1.54, 1.807) is 0 Å². The number of rotatable bonds is 6. The molecule has 1 atom stereocenters. The number of sulfone groups is 1. The molecule has 29 heavy (non-hydrogen) atoms. The number of phenolic OH excluding ortho intramolecular Hbond substituents is 1. The first-order chi connectivity index (χ1) is 13.7. The van der Waals surface area contributed by atoms with Gasteiger partial charge in [-0.2, -0.15) is 0 Å². The van der Waals surface area contributed by atoms with Crippen LogP contribution >= 0.6 is 27.7 Å². The minimum atomic E-state index is -3.55. The first-order valence-electron chi connectivity index (χ1n) is 9.92. The van der Waals surface area contributed by atoms with E-state index in [9.17, 15) is 13.5 Å². The van der Waals surface area contributed by atoms with Crippen molar-refractivity contribution in [1.82, 2.24) is 0 Å². The van der Waals surface area contributed by atoms with Crippen LogP contribution in [0.2, 0.25) is 0 Å². The van der Waals surface area contributed by atoms with Gasteiger partial charge in [0.25, 0.3) is 0 Å². The molecule has 1 heterocycles. The Bertz CT molecular complexity index is 976. The molecule has 0 aromatic heterocycles. The molecule has 0 aliphatic carbocycles. The molecule has 0 bridgehead atoms. The third-order valence-electron chi connectivity index (χ3n) is 5.82. The molecule has 1 aliphatic heterocycles. The Morgan fingerprint density at radius 1 is 1.21 bits per heavy atom. The third kappa shape index (κ3) is 4.62. The van der Waals surface area contributed by atoms with Gasteiger partial charge in [-0.25, -0.2) is 8.42 Å². The predicted molar refractivity (Wildman–Crippen MR) is 125 cm³/mol. The van der Waals surface area contributed by atoms with E-state index in [1.165, 1.54) is 17.8 Å². The number of nitrogens with zero attached hydrogens (tertiary/aromatic N) is 1. The van der Waals surface area contributed by atoms with E-state index in [0.717, 1.165) is 35.8 Å². The third-order valence-corrected chi connectivity index (χ3v) is 9.11. The molecule has 0 radical (unpaired) electrons. The summed E-state index contributed by atoms with van der Waals surface area (Å²) in [6.07, 6.45) is 5.56. The summed E-state index contributed by atoms with van der Waals surface area (Å²) in [5.41, 5.74) is 1.27. The van der Waals surface area contributed by atoms with Gasteiger partial charge in [-0.05, 0) is 49.4 Å². The van der Waals surface area contributed by atoms with Crippen molar-refractivity contribution in [3.63, 3.8) is 0 Å². The number of hydrogen-bond donors (Lipinski definition) is 1. The molecular formula is C22H28BrNO3S2. The summed E-state index contributed by atoms with van der Waals surface area (Å²) in [6.45, 7) is 4.86. The molecule has 1 N–H and O–H groups in total. The van der Waals surface area contributed by atoms with Crippen LogP contribution in [0.3, 0.4) is 0 Å². The zero-order valence-corrected chi connectivity index (χ0v) is 20.3. The molecule has 0 saturated heterocycles. The van der Waals surface area contributed by atoms with Crippen molar-refractivity contribution in [3.05, 3.63) is 40.9 Å². The number of thioether (sulfide) groups is 1. The zero-order chi connectivity index (χ0) is 21.2. The van der Waals surface area contributed by atoms with Gasteiger partial charge in [-0.15, -0.1) is 11.8 Å². The molecule has 7 heteroatoms. The van der Waals surface area contributed by atoms with Crippen molar-refractivity contribution in [2.24, 2.45) is 5.41 Å². The molecule has 1 aliphatic rings. The quantitative estimate of drug-likeness (QED) is 0.468. The number of aromatic hydroxyl groups is 1. The Morgan fingerprint density at radius 3 is 2.48 bits per heavy atom. The van der Waals surface area contributed by atoms with Gasteiger partial charge in [-0.1, -0.05) is 42.6 Å². The normalized spacial score (nSPS) is 20.9. The average molecular weight is 499 g/mol. The Hall–Kier alpha value is -1.18. The number of fused-ring (bicyclic) bond motifs is 1. The lowest BCUT2D eigenvalue weighted by Crippen LogP contribution is -2.37. The predicted octanol–water partition coefficient (Wildman–Crippen LogP) is 6.39. The lowest BCUT2D eigenvalue weighted by molar-refractivity contribution is 0.290. The minimum absolute atomic E-state index is 0.0214. The highest BCUT2D eigenvalue weighted by Crippen LogP contribution is 2.47. The van der Waals surface area contributed by atoms with E-state index >= 15 is 0 Å². The number of hydrogen-bond acceptors (Lipinski definition) is 5. The van der Waals surface area contributed by atoms with Crippen LogP contribution in [0.15, 0.2) is 50.7 Å². The second kappa shape index (κ2) is 8.90. The van der Waals surface area contributed by atoms with Crippen molar-refractivity contribution >= 4 is 48.9 Å². The van der Waals surface area contributed by atoms with Crippen LogP contribution in [0.1, 0.15) is 39.5 Å². The van der Waals surface area contributed by atoms with Crippen LogP contribution < -0.4 is 4.90 Å². The fourth-order valence-electron chi connectivity index (χ4n) is 4.05. The summed E-state index contributed by atoms with van der Waals surface area (Å²) in [6, 6.07) is 11.2. The van der Waals surface area contributed by atoms with E-state index in [-0.39, 0.29) is 21.8 Å². The monoisotopic (exact) mass is 497 g/mol. The molecule has 2 aromatic carbocycles. The minimum Gasteiger partial charge on any atom is -0.507 e. The summed E-state index contributed by atoms with van der Waals surface area (Å²) < 4.78 is 27.9. The summed E-state index contributed by atoms with van der Waals surface area (Å²) in [5, 5.41) is 10.4. The van der Waals surface area contributed by atoms with Crippen LogP contribution in [0.25, 0.3) is 0 Å². The number of anilines is 2. The maximum absolute atomic E-state index is 13.5. The SMILES string of the molecule is CCCCC1(CC)CN(c2ccc(Br)cc2)c2cc(SC)c(O)cc2S(=O)(=O)C1. The smallest absolute Gasteiger partial charge is 0.181 e. The van der Waals surface area contributed by atoms with Crippen molar-refractivity contribution < 1.29 is 13.5 Å². The summed E-state index contributed by atoms with van der Waals surface area (Å²) in [7, 11) is -3.55. The van der Waals surface area contributed by atoms with Crippen molar-refractivity contribution in [1.29, 1.82) is 0 Å². The Labute approximate surface area is 186 Å². The largest absolute Gasteiger partial charge is 0.507 e. The van der Waals surface area contributed by atoms with Crippen LogP contribution in [0.5, 0.6) is 5.75 Å². The topological polar surface area (TPSA) is 57.6 Å². The maximum Gasteiger partial charge on any atom is 0.181 e. The summed E-state index contributed by atoms with van der Waals surface area (Å²) >= 11 is 4.90. The van der Waals surface area contributed by atoms with Crippen LogP contribution in [0.4, 0.5) is 11.4 Å². The van der Waals surface area contributed by atoms with Crippen LogP contribution in [-0.4, -0.2) is 32.1 Å².